The molecule has 2 rings (SSSR count). The highest BCUT2D eigenvalue weighted by Crippen LogP contribution is 2.26. The molecule has 1 aromatic carbocycles. The third-order valence-corrected chi connectivity index (χ3v) is 5.29. The van der Waals surface area contributed by atoms with E-state index in [9.17, 15) is 18.3 Å². The normalized spacial score (nSPS) is 22.3. The molecule has 116 valence electrons. The van der Waals surface area contributed by atoms with Crippen molar-refractivity contribution in [2.45, 2.75) is 36.6 Å². The van der Waals surface area contributed by atoms with Crippen molar-refractivity contribution in [2.24, 2.45) is 5.92 Å². The van der Waals surface area contributed by atoms with Crippen LogP contribution in [-0.4, -0.2) is 37.2 Å². The lowest BCUT2D eigenvalue weighted by molar-refractivity contribution is -0.136. The van der Waals surface area contributed by atoms with E-state index in [1.54, 1.807) is 0 Å². The summed E-state index contributed by atoms with van der Waals surface area (Å²) in [7, 11) is -3.64. The molecule has 0 heterocycles. The Morgan fingerprint density at radius 1 is 1.24 bits per heavy atom. The fraction of sp³-hybridized carbons (Fsp3) is 0.500. The molecule has 1 aliphatic rings. The lowest BCUT2D eigenvalue weighted by atomic mass is 10.1. The third kappa shape index (κ3) is 4.03. The van der Waals surface area contributed by atoms with E-state index in [-0.39, 0.29) is 29.9 Å². The molecule has 0 amide bonds. The number of hydrogen-bond donors (Lipinski definition) is 3. The van der Waals surface area contributed by atoms with Crippen LogP contribution in [0, 0.1) is 5.92 Å². The van der Waals surface area contributed by atoms with Gasteiger partial charge in [0.15, 0.2) is 0 Å². The molecular formula is C14H19NO5S. The second kappa shape index (κ2) is 6.55. The van der Waals surface area contributed by atoms with Gasteiger partial charge in [-0.25, -0.2) is 13.1 Å². The molecule has 7 heteroatoms. The van der Waals surface area contributed by atoms with Crippen LogP contribution in [0.1, 0.15) is 24.8 Å². The predicted molar refractivity (Wildman–Crippen MR) is 76.3 cm³/mol. The average Bonchev–Trinajstić information content (AvgIpc) is 2.85. The minimum Gasteiger partial charge on any atom is -0.481 e. The lowest BCUT2D eigenvalue weighted by Crippen LogP contribution is -2.38. The van der Waals surface area contributed by atoms with Gasteiger partial charge in [0.1, 0.15) is 0 Å². The van der Waals surface area contributed by atoms with Gasteiger partial charge in [0.2, 0.25) is 10.0 Å². The summed E-state index contributed by atoms with van der Waals surface area (Å²) >= 11 is 0. The summed E-state index contributed by atoms with van der Waals surface area (Å²) in [6, 6.07) is 5.58. The molecule has 1 aliphatic carbocycles. The van der Waals surface area contributed by atoms with E-state index in [4.69, 9.17) is 5.11 Å². The first-order valence-electron chi connectivity index (χ1n) is 6.86. The van der Waals surface area contributed by atoms with Crippen LogP contribution >= 0.6 is 0 Å². The maximum Gasteiger partial charge on any atom is 0.307 e. The van der Waals surface area contributed by atoms with Gasteiger partial charge in [-0.3, -0.25) is 4.79 Å². The minimum absolute atomic E-state index is 0.0231. The number of aliphatic carboxylic acids is 1. The van der Waals surface area contributed by atoms with E-state index in [1.165, 1.54) is 24.3 Å². The van der Waals surface area contributed by atoms with Gasteiger partial charge in [0.25, 0.3) is 0 Å². The summed E-state index contributed by atoms with van der Waals surface area (Å²) < 4.78 is 27.2. The topological polar surface area (TPSA) is 104 Å². The van der Waals surface area contributed by atoms with Crippen LogP contribution in [0.5, 0.6) is 0 Å². The zero-order valence-electron chi connectivity index (χ0n) is 11.5. The highest BCUT2D eigenvalue weighted by Gasteiger charge is 2.30. The molecule has 2 atom stereocenters. The minimum atomic E-state index is -3.64. The molecule has 0 bridgehead atoms. The molecule has 1 saturated carbocycles. The first-order valence-corrected chi connectivity index (χ1v) is 8.34. The van der Waals surface area contributed by atoms with E-state index in [0.717, 1.165) is 19.3 Å². The average molecular weight is 313 g/mol. The fourth-order valence-corrected chi connectivity index (χ4v) is 3.98. The van der Waals surface area contributed by atoms with Crippen molar-refractivity contribution in [3.05, 3.63) is 29.8 Å². The van der Waals surface area contributed by atoms with Gasteiger partial charge < -0.3 is 10.2 Å². The van der Waals surface area contributed by atoms with Crippen molar-refractivity contribution in [1.82, 2.24) is 4.72 Å². The highest BCUT2D eigenvalue weighted by atomic mass is 32.2. The maximum absolute atomic E-state index is 12.3. The van der Waals surface area contributed by atoms with E-state index >= 15 is 0 Å². The summed E-state index contributed by atoms with van der Waals surface area (Å²) in [4.78, 5) is 10.7. The molecule has 6 nitrogen and oxygen atoms in total. The number of hydrogen-bond acceptors (Lipinski definition) is 4. The number of nitrogens with one attached hydrogen (secondary N) is 1. The maximum atomic E-state index is 12.3. The van der Waals surface area contributed by atoms with Crippen LogP contribution in [-0.2, 0) is 21.2 Å². The summed E-state index contributed by atoms with van der Waals surface area (Å²) in [6.07, 6.45) is 2.31. The Hall–Kier alpha value is -1.44. The molecule has 0 saturated heterocycles. The molecule has 0 radical (unpaired) electrons. The van der Waals surface area contributed by atoms with Crippen LogP contribution < -0.4 is 4.72 Å². The van der Waals surface area contributed by atoms with E-state index in [2.05, 4.69) is 4.72 Å². The molecule has 0 aromatic heterocycles. The van der Waals surface area contributed by atoms with Crippen LogP contribution in [0.2, 0.25) is 0 Å². The number of sulfonamides is 1. The van der Waals surface area contributed by atoms with Crippen molar-refractivity contribution >= 4 is 16.0 Å². The molecule has 1 fully saturated rings. The summed E-state index contributed by atoms with van der Waals surface area (Å²) in [6.45, 7) is -0.0231. The lowest BCUT2D eigenvalue weighted by Gasteiger charge is -2.19. The highest BCUT2D eigenvalue weighted by molar-refractivity contribution is 7.89. The standard InChI is InChI=1S/C14H19NO5S/c16-9-11-2-1-3-13(11)15-21(19,20)12-6-4-10(5-7-12)8-14(17)18/h4-7,11,13,15-16H,1-3,8-9H2,(H,17,18). The van der Waals surface area contributed by atoms with Gasteiger partial charge in [0.05, 0.1) is 11.3 Å². The quantitative estimate of drug-likeness (QED) is 0.719. The molecule has 0 spiro atoms. The van der Waals surface area contributed by atoms with Gasteiger partial charge >= 0.3 is 5.97 Å². The van der Waals surface area contributed by atoms with Gasteiger partial charge in [-0.1, -0.05) is 18.6 Å². The van der Waals surface area contributed by atoms with E-state index in [0.29, 0.717) is 5.56 Å². The van der Waals surface area contributed by atoms with Gasteiger partial charge in [-0.15, -0.1) is 0 Å². The smallest absolute Gasteiger partial charge is 0.307 e. The molecule has 3 N–H and O–H groups in total. The molecule has 0 aliphatic heterocycles. The predicted octanol–water partition coefficient (Wildman–Crippen LogP) is 0.753. The third-order valence-electron chi connectivity index (χ3n) is 3.79. The Labute approximate surface area is 123 Å². The fourth-order valence-electron chi connectivity index (χ4n) is 2.64. The molecule has 21 heavy (non-hydrogen) atoms. The van der Waals surface area contributed by atoms with Crippen molar-refractivity contribution in [1.29, 1.82) is 0 Å². The van der Waals surface area contributed by atoms with Crippen LogP contribution in [0.25, 0.3) is 0 Å². The molecule has 2 unspecified atom stereocenters. The number of carbonyl (C=O) groups is 1. The van der Waals surface area contributed by atoms with Crippen molar-refractivity contribution in [2.75, 3.05) is 6.61 Å². The van der Waals surface area contributed by atoms with Crippen molar-refractivity contribution in [3.63, 3.8) is 0 Å². The summed E-state index contributed by atoms with van der Waals surface area (Å²) in [5.74, 6) is -0.994. The Balaban J connectivity index is 2.10. The van der Waals surface area contributed by atoms with Crippen molar-refractivity contribution < 1.29 is 23.4 Å². The summed E-state index contributed by atoms with van der Waals surface area (Å²) in [5, 5.41) is 17.9. The molecule has 1 aromatic rings. The number of carboxylic acid groups (broad SMARTS) is 1. The second-order valence-corrected chi connectivity index (χ2v) is 7.03. The Kier molecular flexibility index (Phi) is 4.97. The zero-order valence-corrected chi connectivity index (χ0v) is 12.3. The van der Waals surface area contributed by atoms with Gasteiger partial charge in [0, 0.05) is 12.6 Å². The van der Waals surface area contributed by atoms with Crippen LogP contribution in [0.4, 0.5) is 0 Å². The van der Waals surface area contributed by atoms with E-state index < -0.39 is 16.0 Å². The first-order chi connectivity index (χ1) is 9.92. The van der Waals surface area contributed by atoms with Crippen LogP contribution in [0.15, 0.2) is 29.2 Å². The Morgan fingerprint density at radius 2 is 1.90 bits per heavy atom. The van der Waals surface area contributed by atoms with E-state index in [1.807, 2.05) is 0 Å². The largest absolute Gasteiger partial charge is 0.481 e. The number of aliphatic hydroxyl groups is 1. The first kappa shape index (κ1) is 15.9. The van der Waals surface area contributed by atoms with Crippen LogP contribution in [0.3, 0.4) is 0 Å². The van der Waals surface area contributed by atoms with Gasteiger partial charge in [-0.2, -0.15) is 0 Å². The van der Waals surface area contributed by atoms with Crippen molar-refractivity contribution in [3.8, 4) is 0 Å². The SMILES string of the molecule is O=C(O)Cc1ccc(S(=O)(=O)NC2CCCC2CO)cc1. The Morgan fingerprint density at radius 3 is 2.48 bits per heavy atom. The number of rotatable bonds is 6. The van der Waals surface area contributed by atoms with Gasteiger partial charge in [-0.05, 0) is 36.5 Å². The zero-order chi connectivity index (χ0) is 15.5. The monoisotopic (exact) mass is 313 g/mol. The number of benzene rings is 1. The number of carboxylic acids is 1. The Bertz CT molecular complexity index is 596. The second-order valence-electron chi connectivity index (χ2n) is 5.32. The number of aliphatic hydroxyl groups excluding tert-OH is 1. The summed E-state index contributed by atoms with van der Waals surface area (Å²) in [5.41, 5.74) is 0.551. The molecular weight excluding hydrogens is 294 g/mol.